The second-order valence-electron chi connectivity index (χ2n) is 9.31. The molecular formula is C21H35N5O2. The number of nitrogens with zero attached hydrogens (tertiary/aromatic N) is 4. The lowest BCUT2D eigenvalue weighted by atomic mass is 9.77. The maximum absolute atomic E-state index is 12.5. The lowest BCUT2D eigenvalue weighted by Crippen LogP contribution is -2.49. The maximum atomic E-state index is 12.5. The zero-order valence-electron chi connectivity index (χ0n) is 17.5. The summed E-state index contributed by atoms with van der Waals surface area (Å²) in [4.78, 5) is 17.6. The number of aryl methyl sites for hydroxylation is 2. The Kier molecular flexibility index (Phi) is 5.76. The molecule has 156 valence electrons. The van der Waals surface area contributed by atoms with Crippen molar-refractivity contribution in [2.75, 3.05) is 33.2 Å². The lowest BCUT2D eigenvalue weighted by Gasteiger charge is -2.35. The number of rotatable bonds is 4. The van der Waals surface area contributed by atoms with Gasteiger partial charge in [-0.25, -0.2) is 0 Å². The molecule has 0 bridgehead atoms. The molecule has 0 spiro atoms. The SMILES string of the molecule is Cc1nn(C)cc1CC(=O)N[C@H]1C[C@H]2CN(C3CCN(C)CC3)C[C@H]2C[C@@H]1O. The smallest absolute Gasteiger partial charge is 0.224 e. The van der Waals surface area contributed by atoms with E-state index in [-0.39, 0.29) is 11.9 Å². The van der Waals surface area contributed by atoms with Crippen molar-refractivity contribution < 1.29 is 9.90 Å². The molecule has 1 saturated carbocycles. The highest BCUT2D eigenvalue weighted by molar-refractivity contribution is 5.79. The average Bonchev–Trinajstić information content (AvgIpc) is 3.18. The summed E-state index contributed by atoms with van der Waals surface area (Å²) in [5.74, 6) is 1.15. The number of nitrogens with one attached hydrogen (secondary N) is 1. The van der Waals surface area contributed by atoms with Gasteiger partial charge in [0, 0.05) is 37.9 Å². The molecule has 1 amide bonds. The Morgan fingerprint density at radius 1 is 1.21 bits per heavy atom. The molecule has 3 aliphatic rings. The maximum Gasteiger partial charge on any atom is 0.224 e. The molecule has 3 fully saturated rings. The van der Waals surface area contributed by atoms with E-state index in [1.165, 1.54) is 25.9 Å². The molecule has 4 atom stereocenters. The molecule has 3 heterocycles. The van der Waals surface area contributed by atoms with Crippen LogP contribution in [0.4, 0.5) is 0 Å². The van der Waals surface area contributed by atoms with Crippen LogP contribution in [0.2, 0.25) is 0 Å². The van der Waals surface area contributed by atoms with E-state index in [2.05, 4.69) is 27.3 Å². The third-order valence-corrected chi connectivity index (χ3v) is 7.19. The zero-order chi connectivity index (χ0) is 19.8. The van der Waals surface area contributed by atoms with E-state index >= 15 is 0 Å². The second-order valence-corrected chi connectivity index (χ2v) is 9.31. The molecule has 2 N–H and O–H groups in total. The van der Waals surface area contributed by atoms with Crippen molar-refractivity contribution in [1.29, 1.82) is 0 Å². The number of carbonyl (C=O) groups is 1. The van der Waals surface area contributed by atoms with Gasteiger partial charge in [-0.3, -0.25) is 14.4 Å². The van der Waals surface area contributed by atoms with Crippen LogP contribution in [-0.4, -0.2) is 82.0 Å². The first-order valence-electron chi connectivity index (χ1n) is 10.8. The van der Waals surface area contributed by atoms with Gasteiger partial charge in [0.25, 0.3) is 0 Å². The van der Waals surface area contributed by atoms with E-state index in [9.17, 15) is 9.90 Å². The number of aliphatic hydroxyl groups is 1. The van der Waals surface area contributed by atoms with E-state index in [1.807, 2.05) is 20.2 Å². The topological polar surface area (TPSA) is 73.6 Å². The van der Waals surface area contributed by atoms with Crippen LogP contribution < -0.4 is 5.32 Å². The summed E-state index contributed by atoms with van der Waals surface area (Å²) in [5.41, 5.74) is 1.85. The molecule has 0 radical (unpaired) electrons. The molecule has 7 heteroatoms. The Hall–Kier alpha value is -1.44. The third-order valence-electron chi connectivity index (χ3n) is 7.19. The van der Waals surface area contributed by atoms with E-state index in [4.69, 9.17) is 0 Å². The van der Waals surface area contributed by atoms with Crippen LogP contribution in [0.5, 0.6) is 0 Å². The molecular weight excluding hydrogens is 354 g/mol. The summed E-state index contributed by atoms with van der Waals surface area (Å²) >= 11 is 0. The first kappa shape index (κ1) is 19.9. The summed E-state index contributed by atoms with van der Waals surface area (Å²) in [5, 5.41) is 18.1. The van der Waals surface area contributed by atoms with Crippen LogP contribution in [0.1, 0.15) is 36.9 Å². The molecule has 4 rings (SSSR count). The fourth-order valence-electron chi connectivity index (χ4n) is 5.53. The normalized spacial score (nSPS) is 32.4. The van der Waals surface area contributed by atoms with Gasteiger partial charge in [0.05, 0.1) is 24.3 Å². The number of amides is 1. The number of carbonyl (C=O) groups excluding carboxylic acids is 1. The van der Waals surface area contributed by atoms with E-state index < -0.39 is 6.10 Å². The number of fused-ring (bicyclic) bond motifs is 1. The highest BCUT2D eigenvalue weighted by Gasteiger charge is 2.43. The lowest BCUT2D eigenvalue weighted by molar-refractivity contribution is -0.122. The Morgan fingerprint density at radius 3 is 2.54 bits per heavy atom. The van der Waals surface area contributed by atoms with Crippen molar-refractivity contribution in [1.82, 2.24) is 24.9 Å². The molecule has 2 saturated heterocycles. The molecule has 0 aromatic carbocycles. The number of aliphatic hydroxyl groups excluding tert-OH is 1. The van der Waals surface area contributed by atoms with Crippen LogP contribution in [0.3, 0.4) is 0 Å². The van der Waals surface area contributed by atoms with Gasteiger partial charge in [0.2, 0.25) is 5.91 Å². The van der Waals surface area contributed by atoms with Gasteiger partial charge in [-0.05, 0) is 64.6 Å². The molecule has 28 heavy (non-hydrogen) atoms. The van der Waals surface area contributed by atoms with Crippen molar-refractivity contribution in [3.63, 3.8) is 0 Å². The second kappa shape index (κ2) is 8.13. The fraction of sp³-hybridized carbons (Fsp3) is 0.810. The van der Waals surface area contributed by atoms with Gasteiger partial charge in [-0.2, -0.15) is 5.10 Å². The highest BCUT2D eigenvalue weighted by Crippen LogP contribution is 2.38. The minimum absolute atomic E-state index is 0.0104. The van der Waals surface area contributed by atoms with Gasteiger partial charge in [-0.1, -0.05) is 0 Å². The molecule has 1 aromatic rings. The summed E-state index contributed by atoms with van der Waals surface area (Å²) in [6, 6.07) is 0.573. The van der Waals surface area contributed by atoms with Gasteiger partial charge in [0.1, 0.15) is 0 Å². The minimum atomic E-state index is -0.433. The van der Waals surface area contributed by atoms with E-state index in [1.54, 1.807) is 4.68 Å². The van der Waals surface area contributed by atoms with Crippen molar-refractivity contribution >= 4 is 5.91 Å². The molecule has 2 aliphatic heterocycles. The van der Waals surface area contributed by atoms with Gasteiger partial charge >= 0.3 is 0 Å². The Balaban J connectivity index is 1.31. The minimum Gasteiger partial charge on any atom is -0.391 e. The molecule has 1 aliphatic carbocycles. The predicted molar refractivity (Wildman–Crippen MR) is 108 cm³/mol. The number of aromatic nitrogens is 2. The van der Waals surface area contributed by atoms with Crippen molar-refractivity contribution in [2.45, 2.75) is 57.2 Å². The van der Waals surface area contributed by atoms with Crippen molar-refractivity contribution in [3.05, 3.63) is 17.5 Å². The van der Waals surface area contributed by atoms with Crippen LogP contribution in [0, 0.1) is 18.8 Å². The van der Waals surface area contributed by atoms with Crippen molar-refractivity contribution in [2.24, 2.45) is 18.9 Å². The highest BCUT2D eigenvalue weighted by atomic mass is 16.3. The zero-order valence-corrected chi connectivity index (χ0v) is 17.5. The summed E-state index contributed by atoms with van der Waals surface area (Å²) in [7, 11) is 4.08. The van der Waals surface area contributed by atoms with E-state index in [0.717, 1.165) is 37.2 Å². The molecule has 7 nitrogen and oxygen atoms in total. The van der Waals surface area contributed by atoms with Crippen LogP contribution in [-0.2, 0) is 18.3 Å². The monoisotopic (exact) mass is 389 g/mol. The molecule has 0 unspecified atom stereocenters. The largest absolute Gasteiger partial charge is 0.391 e. The number of piperidine rings is 1. The predicted octanol–water partition coefficient (Wildman–Crippen LogP) is 0.553. The molecule has 1 aromatic heterocycles. The van der Waals surface area contributed by atoms with Gasteiger partial charge in [-0.15, -0.1) is 0 Å². The Labute approximate surface area is 168 Å². The van der Waals surface area contributed by atoms with Gasteiger partial charge in [0.15, 0.2) is 0 Å². The number of hydrogen-bond donors (Lipinski definition) is 2. The quantitative estimate of drug-likeness (QED) is 0.787. The van der Waals surface area contributed by atoms with Crippen LogP contribution >= 0.6 is 0 Å². The third kappa shape index (κ3) is 4.26. The van der Waals surface area contributed by atoms with Crippen molar-refractivity contribution in [3.8, 4) is 0 Å². The van der Waals surface area contributed by atoms with Crippen LogP contribution in [0.15, 0.2) is 6.20 Å². The van der Waals surface area contributed by atoms with E-state index in [0.29, 0.717) is 24.3 Å². The first-order valence-corrected chi connectivity index (χ1v) is 10.8. The Morgan fingerprint density at radius 2 is 1.89 bits per heavy atom. The average molecular weight is 390 g/mol. The standard InChI is InChI=1S/C21H35N5O2/c1-14-15(11-25(3)23-14)10-21(28)22-19-8-16-12-26(13-17(16)9-20(19)27)18-4-6-24(2)7-5-18/h11,16-20,27H,4-10,12-13H2,1-3H3,(H,22,28)/t16-,17+,19-,20-/m0/s1. The van der Waals surface area contributed by atoms with Crippen LogP contribution in [0.25, 0.3) is 0 Å². The fourth-order valence-corrected chi connectivity index (χ4v) is 5.53. The number of likely N-dealkylation sites (tertiary alicyclic amines) is 2. The summed E-state index contributed by atoms with van der Waals surface area (Å²) in [6.07, 6.45) is 6.01. The first-order chi connectivity index (χ1) is 13.4. The summed E-state index contributed by atoms with van der Waals surface area (Å²) < 4.78 is 1.74. The number of hydrogen-bond acceptors (Lipinski definition) is 5. The Bertz CT molecular complexity index is 697. The summed E-state index contributed by atoms with van der Waals surface area (Å²) in [6.45, 7) is 6.54. The van der Waals surface area contributed by atoms with Gasteiger partial charge < -0.3 is 15.3 Å².